The lowest BCUT2D eigenvalue weighted by atomic mass is 10.5. The van der Waals surface area contributed by atoms with Crippen LogP contribution in [-0.4, -0.2) is 22.0 Å². The number of nitrogens with zero attached hydrogens (tertiary/aromatic N) is 3. The summed E-state index contributed by atoms with van der Waals surface area (Å²) in [7, 11) is 1.80. The third-order valence-electron chi connectivity index (χ3n) is 1.70. The van der Waals surface area contributed by atoms with Crippen LogP contribution in [0.25, 0.3) is 0 Å². The normalized spacial score (nSPS) is 9.93. The Morgan fingerprint density at radius 3 is 2.73 bits per heavy atom. The largest absolute Gasteiger partial charge is 0.357 e. The Bertz CT molecular complexity index is 432. The maximum atomic E-state index is 4.29. The molecule has 2 heterocycles. The minimum Gasteiger partial charge on any atom is -0.357 e. The summed E-state index contributed by atoms with van der Waals surface area (Å²) >= 11 is 1.51. The maximum Gasteiger partial charge on any atom is 0.223 e. The highest BCUT2D eigenvalue weighted by atomic mass is 32.2. The van der Waals surface area contributed by atoms with Crippen LogP contribution < -0.4 is 5.32 Å². The smallest absolute Gasteiger partial charge is 0.223 e. The second-order valence-corrected chi connectivity index (χ2v) is 3.78. The average Bonchev–Trinajstić information content (AvgIpc) is 2.31. The zero-order chi connectivity index (χ0) is 10.5. The summed E-state index contributed by atoms with van der Waals surface area (Å²) in [5.41, 5.74) is 0. The molecule has 0 spiro atoms. The number of pyridine rings is 1. The molecule has 0 saturated carbocycles. The van der Waals surface area contributed by atoms with E-state index in [1.165, 1.54) is 11.8 Å². The third kappa shape index (κ3) is 2.66. The fourth-order valence-corrected chi connectivity index (χ4v) is 1.77. The van der Waals surface area contributed by atoms with Crippen molar-refractivity contribution < 1.29 is 0 Å². The predicted molar refractivity (Wildman–Crippen MR) is 59.9 cm³/mol. The zero-order valence-electron chi connectivity index (χ0n) is 8.21. The minimum absolute atomic E-state index is 0.621. The van der Waals surface area contributed by atoms with E-state index in [-0.39, 0.29) is 0 Å². The molecule has 1 N–H and O–H groups in total. The molecule has 0 unspecified atom stereocenters. The fraction of sp³-hybridized carbons (Fsp3) is 0.100. The van der Waals surface area contributed by atoms with Gasteiger partial charge in [0.05, 0.1) is 0 Å². The second kappa shape index (κ2) is 4.75. The van der Waals surface area contributed by atoms with Gasteiger partial charge in [-0.3, -0.25) is 0 Å². The van der Waals surface area contributed by atoms with Crippen LogP contribution in [0.2, 0.25) is 0 Å². The van der Waals surface area contributed by atoms with Crippen LogP contribution in [0, 0.1) is 0 Å². The van der Waals surface area contributed by atoms with Crippen LogP contribution in [0.3, 0.4) is 0 Å². The Morgan fingerprint density at radius 2 is 2.00 bits per heavy atom. The van der Waals surface area contributed by atoms with Gasteiger partial charge in [0, 0.05) is 19.4 Å². The van der Waals surface area contributed by atoms with Crippen LogP contribution in [0.4, 0.5) is 5.95 Å². The van der Waals surface area contributed by atoms with E-state index in [1.807, 2.05) is 24.3 Å². The number of rotatable bonds is 3. The van der Waals surface area contributed by atoms with E-state index in [0.29, 0.717) is 5.95 Å². The summed E-state index contributed by atoms with van der Waals surface area (Å²) in [6.07, 6.45) is 3.49. The van der Waals surface area contributed by atoms with E-state index in [9.17, 15) is 0 Å². The van der Waals surface area contributed by atoms with Gasteiger partial charge in [-0.1, -0.05) is 6.07 Å². The van der Waals surface area contributed by atoms with Gasteiger partial charge >= 0.3 is 0 Å². The highest BCUT2D eigenvalue weighted by Crippen LogP contribution is 2.23. The monoisotopic (exact) mass is 218 g/mol. The summed E-state index contributed by atoms with van der Waals surface area (Å²) in [5, 5.41) is 4.71. The van der Waals surface area contributed by atoms with Crippen LogP contribution in [0.5, 0.6) is 0 Å². The van der Waals surface area contributed by atoms with Crippen LogP contribution in [0.1, 0.15) is 0 Å². The van der Waals surface area contributed by atoms with Crippen molar-refractivity contribution in [3.8, 4) is 0 Å². The van der Waals surface area contributed by atoms with Crippen molar-refractivity contribution >= 4 is 17.7 Å². The van der Waals surface area contributed by atoms with Crippen molar-refractivity contribution in [2.24, 2.45) is 0 Å². The molecule has 76 valence electrons. The van der Waals surface area contributed by atoms with Gasteiger partial charge in [0.25, 0.3) is 0 Å². The molecule has 4 nitrogen and oxygen atoms in total. The standard InChI is InChI=1S/C10H10N4S/c1-11-10-13-7-5-9(14-10)15-8-4-2-3-6-12-8/h2-7H,1H3,(H,11,13,14). The van der Waals surface area contributed by atoms with Gasteiger partial charge in [-0.15, -0.1) is 0 Å². The average molecular weight is 218 g/mol. The zero-order valence-corrected chi connectivity index (χ0v) is 9.03. The summed E-state index contributed by atoms with van der Waals surface area (Å²) in [6, 6.07) is 7.66. The molecule has 0 saturated heterocycles. The maximum absolute atomic E-state index is 4.29. The SMILES string of the molecule is CNc1nccc(Sc2ccccn2)n1. The lowest BCUT2D eigenvalue weighted by Crippen LogP contribution is -1.95. The molecule has 2 rings (SSSR count). The first-order chi connectivity index (χ1) is 7.38. The van der Waals surface area contributed by atoms with Crippen LogP contribution in [0.15, 0.2) is 46.7 Å². The van der Waals surface area contributed by atoms with Crippen molar-refractivity contribution in [3.05, 3.63) is 36.7 Å². The number of hydrogen-bond donors (Lipinski definition) is 1. The molecular weight excluding hydrogens is 208 g/mol. The predicted octanol–water partition coefficient (Wildman–Crippen LogP) is 2.06. The van der Waals surface area contributed by atoms with E-state index in [1.54, 1.807) is 19.4 Å². The first kappa shape index (κ1) is 9.92. The topological polar surface area (TPSA) is 50.7 Å². The number of aromatic nitrogens is 3. The molecule has 0 aliphatic carbocycles. The molecule has 5 heteroatoms. The lowest BCUT2D eigenvalue weighted by molar-refractivity contribution is 1.04. The van der Waals surface area contributed by atoms with Gasteiger partial charge < -0.3 is 5.32 Å². The first-order valence-electron chi connectivity index (χ1n) is 4.48. The molecule has 0 fully saturated rings. The Labute approximate surface area is 92.2 Å². The van der Waals surface area contributed by atoms with Gasteiger partial charge in [0.1, 0.15) is 10.1 Å². The Hall–Kier alpha value is -1.62. The molecule has 0 aliphatic rings. The van der Waals surface area contributed by atoms with Gasteiger partial charge in [-0.2, -0.15) is 0 Å². The van der Waals surface area contributed by atoms with E-state index >= 15 is 0 Å². The molecule has 0 amide bonds. The van der Waals surface area contributed by atoms with Gasteiger partial charge in [0.15, 0.2) is 0 Å². The van der Waals surface area contributed by atoms with E-state index < -0.39 is 0 Å². The van der Waals surface area contributed by atoms with Crippen LogP contribution in [-0.2, 0) is 0 Å². The third-order valence-corrected chi connectivity index (χ3v) is 2.59. The number of hydrogen-bond acceptors (Lipinski definition) is 5. The van der Waals surface area contributed by atoms with Gasteiger partial charge in [0.2, 0.25) is 5.95 Å². The number of nitrogens with one attached hydrogen (secondary N) is 1. The van der Waals surface area contributed by atoms with Gasteiger partial charge in [-0.05, 0) is 30.0 Å². The van der Waals surface area contributed by atoms with Gasteiger partial charge in [-0.25, -0.2) is 15.0 Å². The number of anilines is 1. The summed E-state index contributed by atoms with van der Waals surface area (Å²) in [6.45, 7) is 0. The van der Waals surface area contributed by atoms with Crippen molar-refractivity contribution in [2.75, 3.05) is 12.4 Å². The molecule has 0 atom stereocenters. The van der Waals surface area contributed by atoms with Crippen molar-refractivity contribution in [3.63, 3.8) is 0 Å². The Kier molecular flexibility index (Phi) is 3.14. The van der Waals surface area contributed by atoms with Crippen molar-refractivity contribution in [1.29, 1.82) is 0 Å². The lowest BCUT2D eigenvalue weighted by Gasteiger charge is -2.01. The Balaban J connectivity index is 2.17. The molecule has 0 bridgehead atoms. The summed E-state index contributed by atoms with van der Waals surface area (Å²) in [4.78, 5) is 12.5. The minimum atomic E-state index is 0.621. The molecule has 0 radical (unpaired) electrons. The molecule has 2 aromatic heterocycles. The Morgan fingerprint density at radius 1 is 1.07 bits per heavy atom. The molecular formula is C10H10N4S. The van der Waals surface area contributed by atoms with E-state index in [2.05, 4.69) is 20.3 Å². The van der Waals surface area contributed by atoms with E-state index in [4.69, 9.17) is 0 Å². The molecule has 0 aliphatic heterocycles. The van der Waals surface area contributed by atoms with Crippen molar-refractivity contribution in [2.45, 2.75) is 10.1 Å². The highest BCUT2D eigenvalue weighted by Gasteiger charge is 2.00. The highest BCUT2D eigenvalue weighted by molar-refractivity contribution is 7.99. The summed E-state index contributed by atoms with van der Waals surface area (Å²) < 4.78 is 0. The van der Waals surface area contributed by atoms with Crippen LogP contribution >= 0.6 is 11.8 Å². The molecule has 15 heavy (non-hydrogen) atoms. The quantitative estimate of drug-likeness (QED) is 0.799. The second-order valence-electron chi connectivity index (χ2n) is 2.74. The van der Waals surface area contributed by atoms with Crippen molar-refractivity contribution in [1.82, 2.24) is 15.0 Å². The molecule has 0 aromatic carbocycles. The fourth-order valence-electron chi connectivity index (χ4n) is 1.03. The van der Waals surface area contributed by atoms with E-state index in [0.717, 1.165) is 10.1 Å². The first-order valence-corrected chi connectivity index (χ1v) is 5.30. The molecule has 2 aromatic rings. The summed E-state index contributed by atoms with van der Waals surface area (Å²) in [5.74, 6) is 0.621.